The van der Waals surface area contributed by atoms with Gasteiger partial charge in [-0.1, -0.05) is 6.92 Å². The van der Waals surface area contributed by atoms with Gasteiger partial charge in [0.2, 0.25) is 0 Å². The third-order valence-electron chi connectivity index (χ3n) is 1.28. The second-order valence-electron chi connectivity index (χ2n) is 2.41. The SMILES string of the molecule is CCCOC(C(=O)O)C(O)C(=O)O. The lowest BCUT2D eigenvalue weighted by Gasteiger charge is -2.15. The lowest BCUT2D eigenvalue weighted by atomic mass is 10.2. The van der Waals surface area contributed by atoms with Gasteiger partial charge >= 0.3 is 11.9 Å². The Kier molecular flexibility index (Phi) is 5.01. The van der Waals surface area contributed by atoms with Gasteiger partial charge in [-0.05, 0) is 6.42 Å². The predicted molar refractivity (Wildman–Crippen MR) is 41.3 cm³/mol. The molecule has 0 radical (unpaired) electrons. The second kappa shape index (κ2) is 5.50. The molecule has 0 heterocycles. The zero-order valence-corrected chi connectivity index (χ0v) is 7.14. The van der Waals surface area contributed by atoms with E-state index in [1.807, 2.05) is 0 Å². The van der Waals surface area contributed by atoms with E-state index in [0.717, 1.165) is 0 Å². The number of carboxylic acids is 2. The Morgan fingerprint density at radius 3 is 2.15 bits per heavy atom. The molecule has 6 heteroatoms. The van der Waals surface area contributed by atoms with Crippen LogP contribution in [0.2, 0.25) is 0 Å². The summed E-state index contributed by atoms with van der Waals surface area (Å²) < 4.78 is 4.65. The quantitative estimate of drug-likeness (QED) is 0.514. The molecule has 0 aliphatic heterocycles. The van der Waals surface area contributed by atoms with E-state index in [0.29, 0.717) is 6.42 Å². The Morgan fingerprint density at radius 2 is 1.85 bits per heavy atom. The minimum Gasteiger partial charge on any atom is -0.479 e. The fraction of sp³-hybridized carbons (Fsp3) is 0.714. The Balaban J connectivity index is 4.24. The first kappa shape index (κ1) is 11.9. The van der Waals surface area contributed by atoms with Gasteiger partial charge in [-0.15, -0.1) is 0 Å². The molecule has 0 aliphatic carbocycles. The van der Waals surface area contributed by atoms with Crippen LogP contribution in [0, 0.1) is 0 Å². The normalized spacial score (nSPS) is 14.9. The van der Waals surface area contributed by atoms with Crippen LogP contribution in [0.15, 0.2) is 0 Å². The van der Waals surface area contributed by atoms with Crippen LogP contribution in [0.3, 0.4) is 0 Å². The average molecular weight is 192 g/mol. The lowest BCUT2D eigenvalue weighted by molar-refractivity contribution is -0.171. The van der Waals surface area contributed by atoms with Crippen LogP contribution in [-0.2, 0) is 14.3 Å². The molecule has 3 N–H and O–H groups in total. The van der Waals surface area contributed by atoms with Crippen molar-refractivity contribution in [3.8, 4) is 0 Å². The molecule has 0 aromatic rings. The van der Waals surface area contributed by atoms with E-state index >= 15 is 0 Å². The summed E-state index contributed by atoms with van der Waals surface area (Å²) in [5.41, 5.74) is 0. The Bertz CT molecular complexity index is 189. The van der Waals surface area contributed by atoms with Crippen LogP contribution in [0.1, 0.15) is 13.3 Å². The number of hydrogen-bond donors (Lipinski definition) is 3. The van der Waals surface area contributed by atoms with Crippen LogP contribution in [-0.4, -0.2) is 46.1 Å². The summed E-state index contributed by atoms with van der Waals surface area (Å²) in [6, 6.07) is 0. The van der Waals surface area contributed by atoms with Crippen molar-refractivity contribution in [1.29, 1.82) is 0 Å². The number of aliphatic hydroxyl groups is 1. The van der Waals surface area contributed by atoms with Gasteiger partial charge < -0.3 is 20.1 Å². The van der Waals surface area contributed by atoms with Crippen molar-refractivity contribution in [3.63, 3.8) is 0 Å². The summed E-state index contributed by atoms with van der Waals surface area (Å²) in [6.07, 6.45) is -3.17. The molecule has 0 amide bonds. The molecule has 0 saturated heterocycles. The molecule has 2 unspecified atom stereocenters. The van der Waals surface area contributed by atoms with E-state index < -0.39 is 24.1 Å². The first-order valence-corrected chi connectivity index (χ1v) is 3.76. The number of carbonyl (C=O) groups is 2. The third-order valence-corrected chi connectivity index (χ3v) is 1.28. The summed E-state index contributed by atoms with van der Waals surface area (Å²) >= 11 is 0. The summed E-state index contributed by atoms with van der Waals surface area (Å²) in [4.78, 5) is 20.6. The minimum atomic E-state index is -2.02. The largest absolute Gasteiger partial charge is 0.479 e. The molecule has 13 heavy (non-hydrogen) atoms. The van der Waals surface area contributed by atoms with E-state index in [1.54, 1.807) is 6.92 Å². The molecule has 0 bridgehead atoms. The van der Waals surface area contributed by atoms with Crippen LogP contribution in [0.4, 0.5) is 0 Å². The molecular weight excluding hydrogens is 180 g/mol. The van der Waals surface area contributed by atoms with Crippen molar-refractivity contribution >= 4 is 11.9 Å². The Morgan fingerprint density at radius 1 is 1.31 bits per heavy atom. The van der Waals surface area contributed by atoms with E-state index in [2.05, 4.69) is 4.74 Å². The molecule has 0 spiro atoms. The molecule has 0 fully saturated rings. The van der Waals surface area contributed by atoms with Crippen LogP contribution in [0.5, 0.6) is 0 Å². The average Bonchev–Trinajstić information content (AvgIpc) is 2.04. The smallest absolute Gasteiger partial charge is 0.336 e. The molecular formula is C7H12O6. The number of rotatable bonds is 6. The highest BCUT2D eigenvalue weighted by molar-refractivity contribution is 5.83. The fourth-order valence-electron chi connectivity index (χ4n) is 0.672. The number of ether oxygens (including phenoxy) is 1. The van der Waals surface area contributed by atoms with Gasteiger partial charge in [0.25, 0.3) is 0 Å². The zero-order valence-electron chi connectivity index (χ0n) is 7.14. The standard InChI is InChI=1S/C7H12O6/c1-2-3-13-5(7(11)12)4(8)6(9)10/h4-5,8H,2-3H2,1H3,(H,9,10)(H,11,12). The van der Waals surface area contributed by atoms with Gasteiger partial charge in [-0.3, -0.25) is 0 Å². The summed E-state index contributed by atoms with van der Waals surface area (Å²) in [5.74, 6) is -3.09. The minimum absolute atomic E-state index is 0.0985. The third kappa shape index (κ3) is 3.86. The van der Waals surface area contributed by atoms with Gasteiger partial charge in [0, 0.05) is 6.61 Å². The summed E-state index contributed by atoms with van der Waals surface area (Å²) in [5, 5.41) is 25.7. The van der Waals surface area contributed by atoms with Gasteiger partial charge in [-0.25, -0.2) is 9.59 Å². The maximum Gasteiger partial charge on any atom is 0.336 e. The predicted octanol–water partition coefficient (Wildman–Crippen LogP) is -0.688. The van der Waals surface area contributed by atoms with E-state index in [4.69, 9.17) is 15.3 Å². The Labute approximate surface area is 74.7 Å². The number of carboxylic acid groups (broad SMARTS) is 2. The highest BCUT2D eigenvalue weighted by Gasteiger charge is 2.32. The van der Waals surface area contributed by atoms with Crippen molar-refractivity contribution in [2.75, 3.05) is 6.61 Å². The molecule has 0 aromatic heterocycles. The molecule has 6 nitrogen and oxygen atoms in total. The number of aliphatic carboxylic acids is 2. The first-order chi connectivity index (χ1) is 6.00. The summed E-state index contributed by atoms with van der Waals surface area (Å²) in [6.45, 7) is 1.84. The van der Waals surface area contributed by atoms with Crippen molar-refractivity contribution in [2.24, 2.45) is 0 Å². The van der Waals surface area contributed by atoms with Gasteiger partial charge in [0.05, 0.1) is 0 Å². The van der Waals surface area contributed by atoms with E-state index in [-0.39, 0.29) is 6.61 Å². The van der Waals surface area contributed by atoms with Crippen molar-refractivity contribution in [1.82, 2.24) is 0 Å². The van der Waals surface area contributed by atoms with Crippen molar-refractivity contribution in [3.05, 3.63) is 0 Å². The highest BCUT2D eigenvalue weighted by Crippen LogP contribution is 2.01. The molecule has 76 valence electrons. The van der Waals surface area contributed by atoms with Crippen LogP contribution >= 0.6 is 0 Å². The molecule has 0 aliphatic rings. The fourth-order valence-corrected chi connectivity index (χ4v) is 0.672. The van der Waals surface area contributed by atoms with Gasteiger partial charge in [0.1, 0.15) is 0 Å². The first-order valence-electron chi connectivity index (χ1n) is 3.76. The number of aliphatic hydroxyl groups excluding tert-OH is 1. The maximum absolute atomic E-state index is 10.4. The topological polar surface area (TPSA) is 104 Å². The monoisotopic (exact) mass is 192 g/mol. The highest BCUT2D eigenvalue weighted by atomic mass is 16.5. The van der Waals surface area contributed by atoms with E-state index in [1.165, 1.54) is 0 Å². The molecule has 0 rings (SSSR count). The maximum atomic E-state index is 10.4. The summed E-state index contributed by atoms with van der Waals surface area (Å²) in [7, 11) is 0. The van der Waals surface area contributed by atoms with Crippen molar-refractivity contribution < 1.29 is 29.6 Å². The van der Waals surface area contributed by atoms with Crippen LogP contribution < -0.4 is 0 Å². The second-order valence-corrected chi connectivity index (χ2v) is 2.41. The van der Waals surface area contributed by atoms with Crippen LogP contribution in [0.25, 0.3) is 0 Å². The number of hydrogen-bond acceptors (Lipinski definition) is 4. The van der Waals surface area contributed by atoms with Gasteiger partial charge in [0.15, 0.2) is 12.2 Å². The molecule has 2 atom stereocenters. The van der Waals surface area contributed by atoms with Gasteiger partial charge in [-0.2, -0.15) is 0 Å². The Hall–Kier alpha value is -1.14. The lowest BCUT2D eigenvalue weighted by Crippen LogP contribution is -2.41. The molecule has 0 saturated carbocycles. The zero-order chi connectivity index (χ0) is 10.4. The molecule has 0 aromatic carbocycles. The van der Waals surface area contributed by atoms with E-state index in [9.17, 15) is 9.59 Å². The van der Waals surface area contributed by atoms with Crippen molar-refractivity contribution in [2.45, 2.75) is 25.6 Å².